The van der Waals surface area contributed by atoms with E-state index in [1.165, 1.54) is 18.2 Å². The fraction of sp³-hybridized carbons (Fsp3) is 0.188. The Morgan fingerprint density at radius 3 is 2.40 bits per heavy atom. The van der Waals surface area contributed by atoms with Crippen molar-refractivity contribution < 1.29 is 26.7 Å². The quantitative estimate of drug-likeness (QED) is 0.712. The minimum atomic E-state index is -4.60. The highest BCUT2D eigenvalue weighted by Gasteiger charge is 2.33. The molecular weight excluding hydrogens is 367 g/mol. The van der Waals surface area contributed by atoms with Crippen LogP contribution in [0.1, 0.15) is 12.0 Å². The highest BCUT2D eigenvalue weighted by Crippen LogP contribution is 2.36. The number of anilines is 2. The van der Waals surface area contributed by atoms with Gasteiger partial charge in [0.15, 0.2) is 11.6 Å². The van der Waals surface area contributed by atoms with Crippen molar-refractivity contribution in [2.45, 2.75) is 12.6 Å². The summed E-state index contributed by atoms with van der Waals surface area (Å²) in [7, 11) is 0. The fourth-order valence-corrected chi connectivity index (χ4v) is 2.19. The molecule has 0 fully saturated rings. The van der Waals surface area contributed by atoms with Crippen molar-refractivity contribution in [2.75, 3.05) is 17.2 Å². The van der Waals surface area contributed by atoms with Gasteiger partial charge in [0.05, 0.1) is 5.56 Å². The molecule has 2 N–H and O–H groups in total. The van der Waals surface area contributed by atoms with Crippen molar-refractivity contribution in [1.29, 1.82) is 0 Å². The van der Waals surface area contributed by atoms with Crippen molar-refractivity contribution in [1.82, 2.24) is 0 Å². The number of carbonyl (C=O) groups excluding carboxylic acids is 1. The molecule has 25 heavy (non-hydrogen) atoms. The van der Waals surface area contributed by atoms with Crippen molar-refractivity contribution in [3.8, 4) is 0 Å². The van der Waals surface area contributed by atoms with Gasteiger partial charge in [-0.25, -0.2) is 8.78 Å². The Morgan fingerprint density at radius 2 is 1.76 bits per heavy atom. The predicted octanol–water partition coefficient (Wildman–Crippen LogP) is 5.08. The number of nitrogens with one attached hydrogen (secondary N) is 2. The van der Waals surface area contributed by atoms with Crippen LogP contribution in [0.2, 0.25) is 5.02 Å². The Balaban J connectivity index is 1.94. The number of hydrogen-bond donors (Lipinski definition) is 2. The zero-order valence-corrected chi connectivity index (χ0v) is 13.3. The highest BCUT2D eigenvalue weighted by molar-refractivity contribution is 6.30. The highest BCUT2D eigenvalue weighted by atomic mass is 35.5. The second-order valence-corrected chi connectivity index (χ2v) is 5.48. The van der Waals surface area contributed by atoms with Gasteiger partial charge in [0.25, 0.3) is 0 Å². The monoisotopic (exact) mass is 378 g/mol. The molecule has 2 aromatic rings. The molecule has 0 bridgehead atoms. The van der Waals surface area contributed by atoms with Gasteiger partial charge >= 0.3 is 6.18 Å². The predicted molar refractivity (Wildman–Crippen MR) is 84.5 cm³/mol. The molecule has 2 rings (SSSR count). The summed E-state index contributed by atoms with van der Waals surface area (Å²) in [6, 6.07) is 6.07. The first kappa shape index (κ1) is 19.0. The lowest BCUT2D eigenvalue weighted by Gasteiger charge is -2.15. The minimum absolute atomic E-state index is 0.0476. The van der Waals surface area contributed by atoms with E-state index in [1.807, 2.05) is 0 Å². The molecule has 0 aromatic heterocycles. The van der Waals surface area contributed by atoms with E-state index in [0.29, 0.717) is 0 Å². The number of alkyl halides is 3. The van der Waals surface area contributed by atoms with Crippen molar-refractivity contribution in [2.24, 2.45) is 0 Å². The molecule has 0 unspecified atom stereocenters. The lowest BCUT2D eigenvalue weighted by Crippen LogP contribution is -2.18. The van der Waals surface area contributed by atoms with Crippen LogP contribution in [0.4, 0.5) is 33.3 Å². The second kappa shape index (κ2) is 7.69. The lowest BCUT2D eigenvalue weighted by molar-refractivity contribution is -0.137. The number of carbonyl (C=O) groups is 1. The average molecular weight is 379 g/mol. The summed E-state index contributed by atoms with van der Waals surface area (Å²) in [6.07, 6.45) is -4.78. The summed E-state index contributed by atoms with van der Waals surface area (Å²) in [4.78, 5) is 11.7. The normalized spacial score (nSPS) is 11.3. The first-order valence-electron chi connectivity index (χ1n) is 7.02. The molecule has 0 saturated carbocycles. The SMILES string of the molecule is O=C(CCNc1ccc(Cl)cc1C(F)(F)F)Nc1ccc(F)c(F)c1. The number of benzene rings is 2. The van der Waals surface area contributed by atoms with E-state index in [4.69, 9.17) is 11.6 Å². The van der Waals surface area contributed by atoms with Crippen LogP contribution in [0.5, 0.6) is 0 Å². The number of hydrogen-bond acceptors (Lipinski definition) is 2. The third-order valence-corrected chi connectivity index (χ3v) is 3.39. The zero-order valence-electron chi connectivity index (χ0n) is 12.6. The molecule has 0 saturated heterocycles. The summed E-state index contributed by atoms with van der Waals surface area (Å²) in [5, 5.41) is 4.77. The smallest absolute Gasteiger partial charge is 0.384 e. The molecule has 2 aromatic carbocycles. The van der Waals surface area contributed by atoms with Crippen molar-refractivity contribution in [3.63, 3.8) is 0 Å². The van der Waals surface area contributed by atoms with E-state index < -0.39 is 29.3 Å². The minimum Gasteiger partial charge on any atom is -0.384 e. The van der Waals surface area contributed by atoms with E-state index in [2.05, 4.69) is 10.6 Å². The van der Waals surface area contributed by atoms with Crippen LogP contribution in [-0.2, 0) is 11.0 Å². The van der Waals surface area contributed by atoms with E-state index in [-0.39, 0.29) is 29.4 Å². The fourth-order valence-electron chi connectivity index (χ4n) is 2.01. The number of amides is 1. The second-order valence-electron chi connectivity index (χ2n) is 5.04. The number of halogens is 6. The van der Waals surface area contributed by atoms with E-state index in [1.54, 1.807) is 0 Å². The number of rotatable bonds is 5. The maximum atomic E-state index is 13.0. The molecule has 1 amide bonds. The molecule has 0 radical (unpaired) electrons. The summed E-state index contributed by atoms with van der Waals surface area (Å²) in [5.41, 5.74) is -1.11. The first-order valence-corrected chi connectivity index (χ1v) is 7.40. The van der Waals surface area contributed by atoms with Gasteiger partial charge in [-0.3, -0.25) is 4.79 Å². The average Bonchev–Trinajstić information content (AvgIpc) is 2.51. The van der Waals surface area contributed by atoms with E-state index in [9.17, 15) is 26.7 Å². The third-order valence-electron chi connectivity index (χ3n) is 3.16. The Morgan fingerprint density at radius 1 is 1.04 bits per heavy atom. The maximum Gasteiger partial charge on any atom is 0.418 e. The van der Waals surface area contributed by atoms with Gasteiger partial charge in [-0.2, -0.15) is 13.2 Å². The van der Waals surface area contributed by atoms with Gasteiger partial charge in [0.2, 0.25) is 5.91 Å². The lowest BCUT2D eigenvalue weighted by atomic mass is 10.1. The Kier molecular flexibility index (Phi) is 5.84. The van der Waals surface area contributed by atoms with Crippen LogP contribution in [-0.4, -0.2) is 12.5 Å². The third kappa shape index (κ3) is 5.32. The Hall–Kier alpha value is -2.35. The topological polar surface area (TPSA) is 41.1 Å². The molecule has 134 valence electrons. The van der Waals surface area contributed by atoms with E-state index >= 15 is 0 Å². The van der Waals surface area contributed by atoms with Crippen LogP contribution >= 0.6 is 11.6 Å². The van der Waals surface area contributed by atoms with Crippen LogP contribution in [0.3, 0.4) is 0 Å². The molecular formula is C16H12ClF5N2O. The van der Waals surface area contributed by atoms with Crippen LogP contribution in [0.25, 0.3) is 0 Å². The molecule has 0 aliphatic heterocycles. The van der Waals surface area contributed by atoms with Gasteiger partial charge in [-0.1, -0.05) is 11.6 Å². The van der Waals surface area contributed by atoms with Gasteiger partial charge in [-0.15, -0.1) is 0 Å². The summed E-state index contributed by atoms with van der Waals surface area (Å²) < 4.78 is 64.6. The molecule has 0 aliphatic rings. The first-order chi connectivity index (χ1) is 11.7. The zero-order chi connectivity index (χ0) is 18.6. The summed E-state index contributed by atoms with van der Waals surface area (Å²) in [6.45, 7) is -0.0970. The van der Waals surface area contributed by atoms with Gasteiger partial charge in [0.1, 0.15) is 0 Å². The van der Waals surface area contributed by atoms with Gasteiger partial charge in [-0.05, 0) is 30.3 Å². The molecule has 0 spiro atoms. The van der Waals surface area contributed by atoms with Crippen LogP contribution in [0.15, 0.2) is 36.4 Å². The molecule has 0 heterocycles. The summed E-state index contributed by atoms with van der Waals surface area (Å²) >= 11 is 5.57. The maximum absolute atomic E-state index is 13.0. The molecule has 0 aliphatic carbocycles. The van der Waals surface area contributed by atoms with Crippen LogP contribution in [0, 0.1) is 11.6 Å². The van der Waals surface area contributed by atoms with E-state index in [0.717, 1.165) is 18.2 Å². The molecule has 0 atom stereocenters. The van der Waals surface area contributed by atoms with Gasteiger partial charge in [0, 0.05) is 35.4 Å². The summed E-state index contributed by atoms with van der Waals surface area (Å²) in [5.74, 6) is -2.74. The van der Waals surface area contributed by atoms with Crippen molar-refractivity contribution in [3.05, 3.63) is 58.6 Å². The molecule has 9 heteroatoms. The standard InChI is InChI=1S/C16H12ClF5N2O/c17-9-1-4-14(11(7-9)16(20,21)22)23-6-5-15(25)24-10-2-3-12(18)13(19)8-10/h1-4,7-8,23H,5-6H2,(H,24,25). The Labute approximate surface area is 144 Å². The van der Waals surface area contributed by atoms with Crippen LogP contribution < -0.4 is 10.6 Å². The largest absolute Gasteiger partial charge is 0.418 e. The van der Waals surface area contributed by atoms with Crippen molar-refractivity contribution >= 4 is 28.9 Å². The molecule has 3 nitrogen and oxygen atoms in total. The van der Waals surface area contributed by atoms with Gasteiger partial charge < -0.3 is 10.6 Å². The Bertz CT molecular complexity index is 780.